The van der Waals surface area contributed by atoms with E-state index in [0.717, 1.165) is 10.6 Å². The third-order valence-electron chi connectivity index (χ3n) is 3.87. The largest absolute Gasteiger partial charge is 0.463 e. The van der Waals surface area contributed by atoms with E-state index in [-0.39, 0.29) is 12.5 Å². The van der Waals surface area contributed by atoms with Gasteiger partial charge in [0.15, 0.2) is 5.54 Å². The first-order chi connectivity index (χ1) is 10.3. The number of hydrogen-bond acceptors (Lipinski definition) is 5. The molecule has 0 radical (unpaired) electrons. The molecule has 2 aromatic heterocycles. The number of rotatable bonds is 3. The van der Waals surface area contributed by atoms with Crippen molar-refractivity contribution in [2.45, 2.75) is 39.8 Å². The molecule has 1 fully saturated rings. The zero-order valence-corrected chi connectivity index (χ0v) is 12.9. The van der Waals surface area contributed by atoms with Gasteiger partial charge in [-0.15, -0.1) is 0 Å². The Hall–Kier alpha value is -2.57. The summed E-state index contributed by atoms with van der Waals surface area (Å²) in [4.78, 5) is 30.1. The molecule has 7 nitrogen and oxygen atoms in total. The van der Waals surface area contributed by atoms with Crippen molar-refractivity contribution < 1.29 is 18.4 Å². The van der Waals surface area contributed by atoms with Gasteiger partial charge in [0.2, 0.25) is 5.89 Å². The molecule has 1 aliphatic rings. The highest BCUT2D eigenvalue weighted by molar-refractivity contribution is 6.06. The lowest BCUT2D eigenvalue weighted by Crippen LogP contribution is -2.40. The van der Waals surface area contributed by atoms with Crippen molar-refractivity contribution in [3.05, 3.63) is 41.0 Å². The zero-order valence-electron chi connectivity index (χ0n) is 12.9. The number of carbonyl (C=O) groups excluding carboxylic acids is 2. The van der Waals surface area contributed by atoms with Crippen LogP contribution in [0, 0.1) is 20.8 Å². The van der Waals surface area contributed by atoms with Gasteiger partial charge in [-0.25, -0.2) is 9.78 Å². The summed E-state index contributed by atoms with van der Waals surface area (Å²) < 4.78 is 11.0. The molecule has 1 aliphatic heterocycles. The summed E-state index contributed by atoms with van der Waals surface area (Å²) in [6.45, 7) is 6.99. The third kappa shape index (κ3) is 2.09. The Morgan fingerprint density at radius 3 is 2.50 bits per heavy atom. The van der Waals surface area contributed by atoms with Gasteiger partial charge in [0, 0.05) is 0 Å². The first-order valence-electron chi connectivity index (χ1n) is 6.95. The molecule has 3 amide bonds. The van der Waals surface area contributed by atoms with Crippen LogP contribution in [0.15, 0.2) is 21.0 Å². The van der Waals surface area contributed by atoms with E-state index >= 15 is 0 Å². The lowest BCUT2D eigenvalue weighted by atomic mass is 9.99. The van der Waals surface area contributed by atoms with Crippen molar-refractivity contribution >= 4 is 11.9 Å². The molecule has 0 spiro atoms. The first kappa shape index (κ1) is 14.4. The van der Waals surface area contributed by atoms with E-state index in [2.05, 4.69) is 10.3 Å². The van der Waals surface area contributed by atoms with Gasteiger partial charge in [0.25, 0.3) is 5.91 Å². The highest BCUT2D eigenvalue weighted by Crippen LogP contribution is 2.31. The van der Waals surface area contributed by atoms with Gasteiger partial charge in [-0.2, -0.15) is 0 Å². The number of aromatic nitrogens is 1. The Kier molecular flexibility index (Phi) is 3.09. The Bertz CT molecular complexity index is 741. The van der Waals surface area contributed by atoms with Crippen molar-refractivity contribution in [3.63, 3.8) is 0 Å². The summed E-state index contributed by atoms with van der Waals surface area (Å²) in [6, 6.07) is 2.95. The predicted molar refractivity (Wildman–Crippen MR) is 75.9 cm³/mol. The summed E-state index contributed by atoms with van der Waals surface area (Å²) >= 11 is 0. The van der Waals surface area contributed by atoms with Crippen molar-refractivity contribution in [2.24, 2.45) is 0 Å². The molecule has 22 heavy (non-hydrogen) atoms. The molecular weight excluding hydrogens is 286 g/mol. The van der Waals surface area contributed by atoms with E-state index < -0.39 is 11.6 Å². The smallest absolute Gasteiger partial charge is 0.325 e. The van der Waals surface area contributed by atoms with Crippen molar-refractivity contribution in [1.29, 1.82) is 0 Å². The molecular formula is C15H17N3O4. The van der Waals surface area contributed by atoms with Gasteiger partial charge < -0.3 is 14.2 Å². The van der Waals surface area contributed by atoms with E-state index in [4.69, 9.17) is 8.83 Å². The summed E-state index contributed by atoms with van der Waals surface area (Å²) in [7, 11) is 0. The van der Waals surface area contributed by atoms with Crippen molar-refractivity contribution in [3.8, 4) is 0 Å². The van der Waals surface area contributed by atoms with Gasteiger partial charge in [-0.05, 0) is 39.8 Å². The van der Waals surface area contributed by atoms with Crippen LogP contribution in [0.3, 0.4) is 0 Å². The van der Waals surface area contributed by atoms with E-state index in [1.54, 1.807) is 32.9 Å². The number of carbonyl (C=O) groups is 2. The SMILES string of the molecule is Cc1ccc(C2(C)NC(=O)N(Cc3nc(C)c(C)o3)C2=O)o1. The normalized spacial score (nSPS) is 21.5. The Morgan fingerprint density at radius 2 is 1.95 bits per heavy atom. The molecule has 0 aliphatic carbocycles. The van der Waals surface area contributed by atoms with Crippen LogP contribution in [0.1, 0.15) is 35.8 Å². The lowest BCUT2D eigenvalue weighted by Gasteiger charge is -2.18. The van der Waals surface area contributed by atoms with Crippen LogP contribution in [0.2, 0.25) is 0 Å². The maximum atomic E-state index is 12.7. The summed E-state index contributed by atoms with van der Waals surface area (Å²) in [6.07, 6.45) is 0. The topological polar surface area (TPSA) is 88.6 Å². The maximum Gasteiger partial charge on any atom is 0.325 e. The fourth-order valence-corrected chi connectivity index (χ4v) is 2.45. The average molecular weight is 303 g/mol. The summed E-state index contributed by atoms with van der Waals surface area (Å²) in [5.41, 5.74) is -0.464. The minimum Gasteiger partial charge on any atom is -0.463 e. The van der Waals surface area contributed by atoms with Crippen LogP contribution in [0.4, 0.5) is 4.79 Å². The monoisotopic (exact) mass is 303 g/mol. The first-order valence-corrected chi connectivity index (χ1v) is 6.95. The Morgan fingerprint density at radius 1 is 1.23 bits per heavy atom. The Balaban J connectivity index is 1.88. The summed E-state index contributed by atoms with van der Waals surface area (Å²) in [5.74, 6) is 1.70. The lowest BCUT2D eigenvalue weighted by molar-refractivity contribution is -0.132. The molecule has 3 heterocycles. The quantitative estimate of drug-likeness (QED) is 0.878. The standard InChI is InChI=1S/C15H17N3O4/c1-8-5-6-11(21-8)15(4)13(19)18(14(20)17-15)7-12-16-9(2)10(3)22-12/h5-6H,7H2,1-4H3,(H,17,20). The second-order valence-electron chi connectivity index (χ2n) is 5.61. The van der Waals surface area contributed by atoms with Crippen LogP contribution in [0.5, 0.6) is 0 Å². The second kappa shape index (κ2) is 4.72. The fraction of sp³-hybridized carbons (Fsp3) is 0.400. The van der Waals surface area contributed by atoms with Crippen molar-refractivity contribution in [1.82, 2.24) is 15.2 Å². The predicted octanol–water partition coefficient (Wildman–Crippen LogP) is 2.16. The highest BCUT2D eigenvalue weighted by Gasteiger charge is 2.51. The number of amides is 3. The molecule has 2 aromatic rings. The fourth-order valence-electron chi connectivity index (χ4n) is 2.45. The van der Waals surface area contributed by atoms with Gasteiger partial charge in [0.1, 0.15) is 23.8 Å². The van der Waals surface area contributed by atoms with E-state index in [1.807, 2.05) is 6.92 Å². The minimum absolute atomic E-state index is 0.00533. The number of urea groups is 1. The average Bonchev–Trinajstić information content (AvgIpc) is 3.07. The van der Waals surface area contributed by atoms with E-state index in [9.17, 15) is 9.59 Å². The van der Waals surface area contributed by atoms with Crippen LogP contribution < -0.4 is 5.32 Å². The van der Waals surface area contributed by atoms with E-state index in [0.29, 0.717) is 23.2 Å². The van der Waals surface area contributed by atoms with Crippen molar-refractivity contribution in [2.75, 3.05) is 0 Å². The molecule has 1 saturated heterocycles. The third-order valence-corrected chi connectivity index (χ3v) is 3.87. The van der Waals surface area contributed by atoms with Gasteiger partial charge in [-0.1, -0.05) is 0 Å². The molecule has 116 valence electrons. The molecule has 3 rings (SSSR count). The molecule has 0 aromatic carbocycles. The maximum absolute atomic E-state index is 12.7. The van der Waals surface area contributed by atoms with Crippen LogP contribution in [-0.4, -0.2) is 21.8 Å². The molecule has 1 unspecified atom stereocenters. The van der Waals surface area contributed by atoms with Crippen LogP contribution >= 0.6 is 0 Å². The highest BCUT2D eigenvalue weighted by atomic mass is 16.4. The number of nitrogens with one attached hydrogen (secondary N) is 1. The minimum atomic E-state index is -1.21. The molecule has 0 bridgehead atoms. The van der Waals surface area contributed by atoms with E-state index in [1.165, 1.54) is 0 Å². The van der Waals surface area contributed by atoms with Gasteiger partial charge >= 0.3 is 6.03 Å². The molecule has 0 saturated carbocycles. The number of hydrogen-bond donors (Lipinski definition) is 1. The van der Waals surface area contributed by atoms with Gasteiger partial charge in [0.05, 0.1) is 5.69 Å². The number of oxazole rings is 1. The number of imide groups is 1. The molecule has 7 heteroatoms. The molecule has 1 N–H and O–H groups in total. The number of aryl methyl sites for hydroxylation is 3. The zero-order chi connectivity index (χ0) is 16.1. The van der Waals surface area contributed by atoms with Crippen LogP contribution in [-0.2, 0) is 16.9 Å². The van der Waals surface area contributed by atoms with Crippen LogP contribution in [0.25, 0.3) is 0 Å². The second-order valence-corrected chi connectivity index (χ2v) is 5.61. The summed E-state index contributed by atoms with van der Waals surface area (Å²) in [5, 5.41) is 2.68. The molecule has 1 atom stereocenters. The number of nitrogens with zero attached hydrogens (tertiary/aromatic N) is 2. The number of furan rings is 1. The van der Waals surface area contributed by atoms with Gasteiger partial charge in [-0.3, -0.25) is 9.69 Å². The Labute approximate surface area is 127 Å².